The van der Waals surface area contributed by atoms with Gasteiger partial charge in [0.2, 0.25) is 5.91 Å². The number of nitrogens with zero attached hydrogens (tertiary/aromatic N) is 2. The van der Waals surface area contributed by atoms with Crippen LogP contribution in [0.15, 0.2) is 18.2 Å². The van der Waals surface area contributed by atoms with Crippen LogP contribution in [-0.4, -0.2) is 37.7 Å². The number of hydrogen-bond donors (Lipinski definition) is 1. The minimum Gasteiger partial charge on any atom is -0.443 e. The maximum absolute atomic E-state index is 11.8. The molecule has 1 saturated heterocycles. The van der Waals surface area contributed by atoms with Gasteiger partial charge in [0.25, 0.3) is 0 Å². The second kappa shape index (κ2) is 4.79. The molecule has 0 aliphatic carbocycles. The highest BCUT2D eigenvalue weighted by Gasteiger charge is 2.32. The van der Waals surface area contributed by atoms with Gasteiger partial charge in [-0.05, 0) is 30.2 Å². The van der Waals surface area contributed by atoms with Crippen LogP contribution in [0.25, 0.3) is 0 Å². The molecule has 106 valence electrons. The predicted molar refractivity (Wildman–Crippen MR) is 74.8 cm³/mol. The van der Waals surface area contributed by atoms with Gasteiger partial charge in [-0.3, -0.25) is 9.69 Å². The fraction of sp³-hybridized carbons (Fsp3) is 0.429. The number of carbonyl (C=O) groups excluding carboxylic acids is 2. The lowest BCUT2D eigenvalue weighted by Crippen LogP contribution is -2.27. The first-order valence-electron chi connectivity index (χ1n) is 6.69. The molecule has 3 rings (SSSR count). The fourth-order valence-electron chi connectivity index (χ4n) is 2.74. The number of nitrogens with two attached hydrogens (primary N) is 1. The Kier molecular flexibility index (Phi) is 3.10. The van der Waals surface area contributed by atoms with E-state index in [9.17, 15) is 9.59 Å². The maximum atomic E-state index is 11.8. The van der Waals surface area contributed by atoms with Crippen molar-refractivity contribution in [2.45, 2.75) is 19.4 Å². The Balaban J connectivity index is 1.87. The lowest BCUT2D eigenvalue weighted by Gasteiger charge is -2.17. The summed E-state index contributed by atoms with van der Waals surface area (Å²) in [5, 5.41) is 0. The van der Waals surface area contributed by atoms with E-state index in [1.165, 1.54) is 0 Å². The van der Waals surface area contributed by atoms with Gasteiger partial charge in [-0.25, -0.2) is 4.79 Å². The molecule has 0 radical (unpaired) electrons. The molecule has 1 unspecified atom stereocenters. The Hall–Kier alpha value is -2.08. The molecule has 2 amide bonds. The smallest absolute Gasteiger partial charge is 0.414 e. The first-order valence-corrected chi connectivity index (χ1v) is 6.69. The molecule has 2 heterocycles. The molecule has 20 heavy (non-hydrogen) atoms. The van der Waals surface area contributed by atoms with Crippen molar-refractivity contribution in [3.05, 3.63) is 23.8 Å². The van der Waals surface area contributed by atoms with Gasteiger partial charge in [-0.15, -0.1) is 0 Å². The van der Waals surface area contributed by atoms with E-state index in [2.05, 4.69) is 0 Å². The summed E-state index contributed by atoms with van der Waals surface area (Å²) in [4.78, 5) is 26.7. The van der Waals surface area contributed by atoms with Gasteiger partial charge in [-0.2, -0.15) is 0 Å². The van der Waals surface area contributed by atoms with Crippen LogP contribution in [-0.2, 0) is 16.0 Å². The zero-order valence-corrected chi connectivity index (χ0v) is 11.3. The second-order valence-corrected chi connectivity index (χ2v) is 5.09. The van der Waals surface area contributed by atoms with Crippen molar-refractivity contribution in [2.24, 2.45) is 5.73 Å². The predicted octanol–water partition coefficient (Wildman–Crippen LogP) is 0.880. The molecular formula is C14H17N3O3. The van der Waals surface area contributed by atoms with Crippen molar-refractivity contribution in [2.75, 3.05) is 29.4 Å². The molecule has 1 fully saturated rings. The third-order valence-corrected chi connectivity index (χ3v) is 3.79. The number of fused-ring (bicyclic) bond motifs is 1. The summed E-state index contributed by atoms with van der Waals surface area (Å²) < 4.78 is 5.15. The van der Waals surface area contributed by atoms with Gasteiger partial charge < -0.3 is 15.4 Å². The zero-order chi connectivity index (χ0) is 14.3. The number of hydrogen-bond acceptors (Lipinski definition) is 4. The summed E-state index contributed by atoms with van der Waals surface area (Å²) in [6.45, 7) is 3.06. The van der Waals surface area contributed by atoms with Gasteiger partial charge in [0.15, 0.2) is 0 Å². The van der Waals surface area contributed by atoms with Crippen LogP contribution in [0.5, 0.6) is 0 Å². The van der Waals surface area contributed by atoms with Crippen LogP contribution >= 0.6 is 0 Å². The molecule has 1 aromatic carbocycles. The zero-order valence-electron chi connectivity index (χ0n) is 11.3. The maximum Gasteiger partial charge on any atom is 0.414 e. The van der Waals surface area contributed by atoms with Crippen molar-refractivity contribution in [1.29, 1.82) is 0 Å². The number of amides is 2. The quantitative estimate of drug-likeness (QED) is 0.869. The van der Waals surface area contributed by atoms with Crippen LogP contribution in [0.4, 0.5) is 16.2 Å². The van der Waals surface area contributed by atoms with Crippen molar-refractivity contribution in [3.63, 3.8) is 0 Å². The number of anilines is 2. The van der Waals surface area contributed by atoms with Gasteiger partial charge in [0.1, 0.15) is 6.10 Å². The molecule has 0 aromatic heterocycles. The van der Waals surface area contributed by atoms with E-state index in [1.54, 1.807) is 16.7 Å². The number of carbonyl (C=O) groups is 2. The molecule has 2 aliphatic rings. The summed E-state index contributed by atoms with van der Waals surface area (Å²) >= 11 is 0. The summed E-state index contributed by atoms with van der Waals surface area (Å²) in [6, 6.07) is 5.70. The Morgan fingerprint density at radius 2 is 2.30 bits per heavy atom. The highest BCUT2D eigenvalue weighted by Crippen LogP contribution is 2.33. The lowest BCUT2D eigenvalue weighted by molar-refractivity contribution is -0.116. The van der Waals surface area contributed by atoms with E-state index < -0.39 is 0 Å². The topological polar surface area (TPSA) is 75.9 Å². The minimum absolute atomic E-state index is 0.0419. The molecule has 0 bridgehead atoms. The van der Waals surface area contributed by atoms with Crippen molar-refractivity contribution < 1.29 is 14.3 Å². The number of rotatable bonds is 2. The van der Waals surface area contributed by atoms with E-state index >= 15 is 0 Å². The monoisotopic (exact) mass is 275 g/mol. The summed E-state index contributed by atoms with van der Waals surface area (Å²) in [5.74, 6) is 0.0419. The standard InChI is InChI=1S/C14H17N3O3/c1-9(18)16-5-4-10-6-11(2-3-13(10)16)17-8-12(7-15)20-14(17)19/h2-3,6,12H,4-5,7-8,15H2,1H3. The Morgan fingerprint density at radius 1 is 1.50 bits per heavy atom. The number of benzene rings is 1. The molecule has 6 heteroatoms. The second-order valence-electron chi connectivity index (χ2n) is 5.09. The van der Waals surface area contributed by atoms with Crippen molar-refractivity contribution >= 4 is 23.4 Å². The van der Waals surface area contributed by atoms with Crippen LogP contribution < -0.4 is 15.5 Å². The Morgan fingerprint density at radius 3 is 2.95 bits per heavy atom. The first-order chi connectivity index (χ1) is 9.60. The van der Waals surface area contributed by atoms with Crippen LogP contribution in [0.1, 0.15) is 12.5 Å². The van der Waals surface area contributed by atoms with Crippen molar-refractivity contribution in [1.82, 2.24) is 0 Å². The molecule has 1 atom stereocenters. The molecule has 2 N–H and O–H groups in total. The summed E-state index contributed by atoms with van der Waals surface area (Å²) in [5.41, 5.74) is 8.35. The van der Waals surface area contributed by atoms with Crippen LogP contribution in [0.3, 0.4) is 0 Å². The normalized spacial score (nSPS) is 21.1. The average Bonchev–Trinajstić information content (AvgIpc) is 3.01. The Bertz CT molecular complexity index is 573. The van der Waals surface area contributed by atoms with Crippen LogP contribution in [0, 0.1) is 0 Å². The van der Waals surface area contributed by atoms with E-state index in [-0.39, 0.29) is 18.1 Å². The third kappa shape index (κ3) is 2.02. The van der Waals surface area contributed by atoms with Gasteiger partial charge in [0.05, 0.1) is 6.54 Å². The number of cyclic esters (lactones) is 1. The van der Waals surface area contributed by atoms with Crippen molar-refractivity contribution in [3.8, 4) is 0 Å². The molecule has 0 saturated carbocycles. The van der Waals surface area contributed by atoms with E-state index in [0.29, 0.717) is 19.6 Å². The molecule has 6 nitrogen and oxygen atoms in total. The molecule has 0 spiro atoms. The van der Waals surface area contributed by atoms with E-state index in [4.69, 9.17) is 10.5 Å². The first kappa shape index (κ1) is 12.9. The third-order valence-electron chi connectivity index (χ3n) is 3.79. The highest BCUT2D eigenvalue weighted by atomic mass is 16.6. The Labute approximate surface area is 117 Å². The average molecular weight is 275 g/mol. The molecule has 2 aliphatic heterocycles. The minimum atomic E-state index is -0.359. The van der Waals surface area contributed by atoms with Gasteiger partial charge in [0, 0.05) is 31.4 Å². The van der Waals surface area contributed by atoms with E-state index in [1.807, 2.05) is 18.2 Å². The lowest BCUT2D eigenvalue weighted by atomic mass is 10.1. The SMILES string of the molecule is CC(=O)N1CCc2cc(N3CC(CN)OC3=O)ccc21. The van der Waals surface area contributed by atoms with Crippen LogP contribution in [0.2, 0.25) is 0 Å². The summed E-state index contributed by atoms with van der Waals surface area (Å²) in [7, 11) is 0. The van der Waals surface area contributed by atoms with Gasteiger partial charge >= 0.3 is 6.09 Å². The number of ether oxygens (including phenoxy) is 1. The molecule has 1 aromatic rings. The largest absolute Gasteiger partial charge is 0.443 e. The summed E-state index contributed by atoms with van der Waals surface area (Å²) in [6.07, 6.45) is 0.206. The molecular weight excluding hydrogens is 258 g/mol. The van der Waals surface area contributed by atoms with E-state index in [0.717, 1.165) is 23.4 Å². The highest BCUT2D eigenvalue weighted by molar-refractivity contribution is 5.95. The van der Waals surface area contributed by atoms with Gasteiger partial charge in [-0.1, -0.05) is 0 Å². The fourth-order valence-corrected chi connectivity index (χ4v) is 2.74.